The Morgan fingerprint density at radius 1 is 1.00 bits per heavy atom. The van der Waals surface area contributed by atoms with Crippen LogP contribution in [0, 0.1) is 0 Å². The predicted octanol–water partition coefficient (Wildman–Crippen LogP) is -3.41. The topological polar surface area (TPSA) is 152 Å². The number of hydrogen-bond donors (Lipinski definition) is 5. The van der Waals surface area contributed by atoms with Crippen molar-refractivity contribution in [1.82, 2.24) is 0 Å². The Labute approximate surface area is 139 Å². The SMILES string of the molecule is O=P(O)(O)O.O=S(=O)(O)O.[BaH2].[CaH2]. The molecule has 0 aliphatic rings. The summed E-state index contributed by atoms with van der Waals surface area (Å²) < 4.78 is 40.5. The van der Waals surface area contributed by atoms with Gasteiger partial charge in [-0.2, -0.15) is 8.42 Å². The first-order chi connectivity index (χ1) is 4.00. The molecule has 0 spiro atoms. The number of rotatable bonds is 0. The molecule has 0 rings (SSSR count). The molecular weight excluding hydrogens is 368 g/mol. The van der Waals surface area contributed by atoms with Gasteiger partial charge in [0.2, 0.25) is 0 Å². The third-order valence-corrected chi connectivity index (χ3v) is 0. The Morgan fingerprint density at radius 2 is 1.00 bits per heavy atom. The molecule has 0 heterocycles. The van der Waals surface area contributed by atoms with Crippen LogP contribution in [0.25, 0.3) is 0 Å². The van der Waals surface area contributed by atoms with E-state index in [4.69, 9.17) is 36.8 Å². The molecule has 0 radical (unpaired) electrons. The van der Waals surface area contributed by atoms with Crippen molar-refractivity contribution in [3.05, 3.63) is 0 Å². The van der Waals surface area contributed by atoms with Crippen molar-refractivity contribution < 1.29 is 36.8 Å². The van der Waals surface area contributed by atoms with E-state index in [2.05, 4.69) is 0 Å². The fourth-order valence-electron chi connectivity index (χ4n) is 0. The van der Waals surface area contributed by atoms with Gasteiger partial charge in [-0.15, -0.1) is 0 Å². The van der Waals surface area contributed by atoms with Crippen LogP contribution in [0.2, 0.25) is 0 Å². The van der Waals surface area contributed by atoms with Crippen molar-refractivity contribution in [3.8, 4) is 0 Å². The summed E-state index contributed by atoms with van der Waals surface area (Å²) in [5.41, 5.74) is 0. The molecule has 8 nitrogen and oxygen atoms in total. The van der Waals surface area contributed by atoms with Crippen LogP contribution in [0.15, 0.2) is 0 Å². The van der Waals surface area contributed by atoms with Gasteiger partial charge in [0.25, 0.3) is 0 Å². The van der Waals surface area contributed by atoms with Crippen molar-refractivity contribution >= 4 is 105 Å². The molecule has 0 atom stereocenters. The van der Waals surface area contributed by atoms with Crippen LogP contribution in [-0.4, -0.2) is 119 Å². The molecule has 0 saturated carbocycles. The monoisotopic (exact) mass is 378 g/mol. The first-order valence-corrected chi connectivity index (χ1v) is 4.44. The Hall–Kier alpha value is 2.81. The zero-order valence-electron chi connectivity index (χ0n) is 4.32. The van der Waals surface area contributed by atoms with Gasteiger partial charge in [0.1, 0.15) is 0 Å². The van der Waals surface area contributed by atoms with Gasteiger partial charge in [-0.3, -0.25) is 9.11 Å². The minimum absolute atomic E-state index is 0. The maximum absolute atomic E-state index is 8.88. The molecule has 0 bridgehead atoms. The zero-order chi connectivity index (χ0) is 9.00. The number of hydrogen-bond acceptors (Lipinski definition) is 3. The summed E-state index contributed by atoms with van der Waals surface area (Å²) >= 11 is 0. The van der Waals surface area contributed by atoms with Gasteiger partial charge >= 0.3 is 105 Å². The summed E-state index contributed by atoms with van der Waals surface area (Å²) in [4.78, 5) is 21.6. The van der Waals surface area contributed by atoms with Gasteiger partial charge in [0, 0.05) is 0 Å². The van der Waals surface area contributed by atoms with E-state index >= 15 is 0 Å². The summed E-state index contributed by atoms with van der Waals surface area (Å²) in [5, 5.41) is 0. The van der Waals surface area contributed by atoms with Gasteiger partial charge in [-0.1, -0.05) is 0 Å². The Kier molecular flexibility index (Phi) is 20.8. The Morgan fingerprint density at radius 3 is 1.00 bits per heavy atom. The summed E-state index contributed by atoms with van der Waals surface area (Å²) in [5.74, 6) is 0. The normalized spacial score (nSPS) is 9.75. The Bertz CT molecular complexity index is 197. The summed E-state index contributed by atoms with van der Waals surface area (Å²) in [6, 6.07) is 0. The van der Waals surface area contributed by atoms with Crippen LogP contribution in [0.3, 0.4) is 0 Å². The standard InChI is InChI=1S/Ba.Ca.H3O4P.H2O4S.4H/c;;2*1-5(2,3)4;;;;/h;;(H3,1,2,3,4);(H2,1,2,3,4);;;;. The minimum atomic E-state index is -4.67. The average molecular weight is 378 g/mol. The third-order valence-electron chi connectivity index (χ3n) is 0. The molecule has 12 heteroatoms. The van der Waals surface area contributed by atoms with Crippen molar-refractivity contribution in [1.29, 1.82) is 0 Å². The third kappa shape index (κ3) is 226. The van der Waals surface area contributed by atoms with E-state index in [-0.39, 0.29) is 86.6 Å². The number of phosphoric acid groups is 1. The van der Waals surface area contributed by atoms with E-state index in [0.717, 1.165) is 0 Å². The van der Waals surface area contributed by atoms with E-state index < -0.39 is 18.2 Å². The molecule has 0 aromatic rings. The fourth-order valence-corrected chi connectivity index (χ4v) is 0. The summed E-state index contributed by atoms with van der Waals surface area (Å²) in [6.45, 7) is 0. The van der Waals surface area contributed by atoms with E-state index in [0.29, 0.717) is 0 Å². The molecule has 0 fully saturated rings. The fraction of sp³-hybridized carbons (Fsp3) is 0. The maximum atomic E-state index is 8.88. The van der Waals surface area contributed by atoms with Crippen LogP contribution in [0.1, 0.15) is 0 Å². The van der Waals surface area contributed by atoms with Crippen LogP contribution >= 0.6 is 7.82 Å². The van der Waals surface area contributed by atoms with Crippen LogP contribution in [-0.2, 0) is 15.0 Å². The van der Waals surface area contributed by atoms with Gasteiger partial charge in [0.05, 0.1) is 0 Å². The van der Waals surface area contributed by atoms with Crippen LogP contribution in [0.5, 0.6) is 0 Å². The second-order valence-electron chi connectivity index (χ2n) is 0.961. The van der Waals surface area contributed by atoms with E-state index in [1.165, 1.54) is 0 Å². The van der Waals surface area contributed by atoms with Crippen molar-refractivity contribution in [3.63, 3.8) is 0 Å². The molecule has 0 aromatic carbocycles. The van der Waals surface area contributed by atoms with Gasteiger partial charge < -0.3 is 14.7 Å². The average Bonchev–Trinajstić information content (AvgIpc) is 1.12. The summed E-state index contributed by atoms with van der Waals surface area (Å²) in [6.07, 6.45) is 0. The molecule has 0 amide bonds. The molecule has 12 heavy (non-hydrogen) atoms. The summed E-state index contributed by atoms with van der Waals surface area (Å²) in [7, 11) is -9.31. The van der Waals surface area contributed by atoms with Crippen molar-refractivity contribution in [2.45, 2.75) is 0 Å². The van der Waals surface area contributed by atoms with Crippen LogP contribution < -0.4 is 0 Å². The quantitative estimate of drug-likeness (QED) is 0.166. The van der Waals surface area contributed by atoms with E-state index in [1.54, 1.807) is 0 Å². The van der Waals surface area contributed by atoms with Crippen molar-refractivity contribution in [2.24, 2.45) is 0 Å². The van der Waals surface area contributed by atoms with Gasteiger partial charge in [-0.25, -0.2) is 4.57 Å². The molecule has 0 aromatic heterocycles. The zero-order valence-corrected chi connectivity index (χ0v) is 6.03. The molecule has 0 aliphatic heterocycles. The van der Waals surface area contributed by atoms with E-state index in [1.807, 2.05) is 0 Å². The molecule has 0 aliphatic carbocycles. The van der Waals surface area contributed by atoms with E-state index in [9.17, 15) is 0 Å². The van der Waals surface area contributed by atoms with Gasteiger partial charge in [0.15, 0.2) is 0 Å². The first kappa shape index (κ1) is 24.2. The molecule has 0 unspecified atom stereocenters. The Balaban J connectivity index is -0.0000000457. The molecule has 72 valence electrons. The second-order valence-corrected chi connectivity index (χ2v) is 2.88. The van der Waals surface area contributed by atoms with Crippen molar-refractivity contribution in [2.75, 3.05) is 0 Å². The second kappa shape index (κ2) is 10.3. The van der Waals surface area contributed by atoms with Crippen LogP contribution in [0.4, 0.5) is 0 Å². The molecule has 5 N–H and O–H groups in total. The molecule has 0 saturated heterocycles. The first-order valence-electron chi connectivity index (χ1n) is 1.48. The predicted molar refractivity (Wildman–Crippen MR) is 45.5 cm³/mol. The van der Waals surface area contributed by atoms with Gasteiger partial charge in [-0.05, 0) is 0 Å². The molecular formula is H9BaCaO8PS.